The molecule has 1 fully saturated rings. The van der Waals surface area contributed by atoms with Crippen molar-refractivity contribution in [3.8, 4) is 11.5 Å². The van der Waals surface area contributed by atoms with E-state index in [0.29, 0.717) is 12.2 Å². The number of aliphatic hydroxyl groups excluding tert-OH is 1. The second-order valence-electron chi connectivity index (χ2n) is 10.9. The first-order chi connectivity index (χ1) is 20.4. The van der Waals surface area contributed by atoms with Crippen LogP contribution in [-0.2, 0) is 29.0 Å². The Balaban J connectivity index is 1.36. The summed E-state index contributed by atoms with van der Waals surface area (Å²) in [7, 11) is 3.33. The van der Waals surface area contributed by atoms with E-state index in [1.807, 2.05) is 55.5 Å². The molecule has 3 aromatic rings. The lowest BCUT2D eigenvalue weighted by Crippen LogP contribution is -2.45. The minimum Gasteiger partial charge on any atom is -0.493 e. The molecule has 0 aliphatic carbocycles. The number of carbonyl (C=O) groups excluding carboxylic acids is 1. The number of anilines is 1. The van der Waals surface area contributed by atoms with Gasteiger partial charge in [0.1, 0.15) is 0 Å². The van der Waals surface area contributed by atoms with Crippen molar-refractivity contribution in [3.05, 3.63) is 88.5 Å². The van der Waals surface area contributed by atoms with Crippen molar-refractivity contribution in [2.75, 3.05) is 39.2 Å². The molecule has 4 atom stereocenters. The molecule has 42 heavy (non-hydrogen) atoms. The molecule has 5 rings (SSSR count). The van der Waals surface area contributed by atoms with Crippen molar-refractivity contribution >= 4 is 11.7 Å². The SMILES string of the molecule is CCNC(=O)Nc1ccc([C@H]2O[C@@H](CN3CCc4cc(OC)c(OC)cc4C3)[C@@H](C)[C@@H](c3ccc(CO)cc3)O2)cc1. The number of carbonyl (C=O) groups is 1. The summed E-state index contributed by atoms with van der Waals surface area (Å²) < 4.78 is 24.3. The number of rotatable bonds is 9. The van der Waals surface area contributed by atoms with E-state index in [9.17, 15) is 9.90 Å². The lowest BCUT2D eigenvalue weighted by atomic mass is 9.89. The van der Waals surface area contributed by atoms with E-state index in [2.05, 4.69) is 34.6 Å². The monoisotopic (exact) mass is 575 g/mol. The maximum Gasteiger partial charge on any atom is 0.319 e. The van der Waals surface area contributed by atoms with Crippen molar-refractivity contribution < 1.29 is 28.8 Å². The fourth-order valence-electron chi connectivity index (χ4n) is 5.74. The molecule has 2 aliphatic heterocycles. The first kappa shape index (κ1) is 29.8. The van der Waals surface area contributed by atoms with Crippen molar-refractivity contribution in [1.82, 2.24) is 10.2 Å². The second kappa shape index (κ2) is 13.6. The van der Waals surface area contributed by atoms with E-state index < -0.39 is 6.29 Å². The zero-order valence-corrected chi connectivity index (χ0v) is 24.8. The minimum atomic E-state index is -0.575. The number of ether oxygens (including phenoxy) is 4. The normalized spacial score (nSPS) is 22.2. The number of methoxy groups -OCH3 is 2. The number of nitrogens with zero attached hydrogens (tertiary/aromatic N) is 1. The van der Waals surface area contributed by atoms with Crippen LogP contribution in [0.2, 0.25) is 0 Å². The molecule has 0 saturated carbocycles. The van der Waals surface area contributed by atoms with E-state index in [0.717, 1.165) is 54.2 Å². The number of benzene rings is 3. The van der Waals surface area contributed by atoms with Crippen LogP contribution >= 0.6 is 0 Å². The molecule has 0 radical (unpaired) electrons. The first-order valence-electron chi connectivity index (χ1n) is 14.5. The Bertz CT molecular complexity index is 1350. The summed E-state index contributed by atoms with van der Waals surface area (Å²) in [4.78, 5) is 14.4. The third-order valence-electron chi connectivity index (χ3n) is 8.14. The highest BCUT2D eigenvalue weighted by atomic mass is 16.7. The Morgan fingerprint density at radius 1 is 0.976 bits per heavy atom. The lowest BCUT2D eigenvalue weighted by molar-refractivity contribution is -0.276. The smallest absolute Gasteiger partial charge is 0.319 e. The molecule has 1 saturated heterocycles. The van der Waals surface area contributed by atoms with Gasteiger partial charge in [-0.25, -0.2) is 4.79 Å². The fourth-order valence-corrected chi connectivity index (χ4v) is 5.74. The number of urea groups is 1. The Morgan fingerprint density at radius 3 is 2.29 bits per heavy atom. The van der Waals surface area contributed by atoms with Crippen LogP contribution in [0.5, 0.6) is 11.5 Å². The third-order valence-corrected chi connectivity index (χ3v) is 8.14. The summed E-state index contributed by atoms with van der Waals surface area (Å²) in [5.74, 6) is 1.58. The van der Waals surface area contributed by atoms with E-state index in [4.69, 9.17) is 18.9 Å². The number of amides is 2. The number of fused-ring (bicyclic) bond motifs is 1. The van der Waals surface area contributed by atoms with Gasteiger partial charge >= 0.3 is 6.03 Å². The van der Waals surface area contributed by atoms with Crippen LogP contribution in [0, 0.1) is 5.92 Å². The molecular formula is C33H41N3O6. The van der Waals surface area contributed by atoms with E-state index in [1.165, 1.54) is 11.1 Å². The van der Waals surface area contributed by atoms with Crippen molar-refractivity contribution in [1.29, 1.82) is 0 Å². The van der Waals surface area contributed by atoms with Gasteiger partial charge in [-0.3, -0.25) is 4.90 Å². The number of hydrogen-bond acceptors (Lipinski definition) is 7. The van der Waals surface area contributed by atoms with Crippen molar-refractivity contribution in [3.63, 3.8) is 0 Å². The molecule has 3 aromatic carbocycles. The number of aliphatic hydroxyl groups is 1. The molecule has 0 aromatic heterocycles. The molecule has 9 heteroatoms. The summed E-state index contributed by atoms with van der Waals surface area (Å²) in [6.07, 6.45) is 0.0499. The standard InChI is InChI=1S/C33H41N3O6/c1-5-34-33(38)35-27-12-10-24(11-13-27)32-41-30(21(2)31(42-32)23-8-6-22(20-37)7-9-23)19-36-15-14-25-16-28(39-3)29(40-4)17-26(25)18-36/h6-13,16-17,21,30-32,37H,5,14-15,18-20H2,1-4H3,(H2,34,35,38)/t21-,30+,31+,32+/m1/s1. The first-order valence-corrected chi connectivity index (χ1v) is 14.5. The number of hydrogen-bond donors (Lipinski definition) is 3. The van der Waals surface area contributed by atoms with Gasteiger partial charge in [-0.05, 0) is 59.9 Å². The maximum absolute atomic E-state index is 12.0. The molecule has 2 amide bonds. The van der Waals surface area contributed by atoms with Gasteiger partial charge in [-0.1, -0.05) is 43.3 Å². The maximum atomic E-state index is 12.0. The lowest BCUT2D eigenvalue weighted by Gasteiger charge is -2.43. The van der Waals surface area contributed by atoms with Crippen LogP contribution in [0.15, 0.2) is 60.7 Å². The van der Waals surface area contributed by atoms with Crippen molar-refractivity contribution in [2.24, 2.45) is 5.92 Å². The van der Waals surface area contributed by atoms with Gasteiger partial charge in [0.25, 0.3) is 0 Å². The topological polar surface area (TPSA) is 102 Å². The van der Waals surface area contributed by atoms with Gasteiger partial charge in [-0.15, -0.1) is 0 Å². The molecule has 0 bridgehead atoms. The molecule has 3 N–H and O–H groups in total. The van der Waals surface area contributed by atoms with E-state index in [1.54, 1.807) is 14.2 Å². The molecule has 9 nitrogen and oxygen atoms in total. The van der Waals surface area contributed by atoms with Crippen LogP contribution in [-0.4, -0.2) is 56.0 Å². The van der Waals surface area contributed by atoms with Gasteiger partial charge in [0.05, 0.1) is 33.0 Å². The van der Waals surface area contributed by atoms with Gasteiger partial charge < -0.3 is 34.7 Å². The predicted molar refractivity (Wildman–Crippen MR) is 161 cm³/mol. The molecule has 0 spiro atoms. The number of nitrogens with one attached hydrogen (secondary N) is 2. The summed E-state index contributed by atoms with van der Waals surface area (Å²) >= 11 is 0. The van der Waals surface area contributed by atoms with Gasteiger partial charge in [-0.2, -0.15) is 0 Å². The van der Waals surface area contributed by atoms with Crippen LogP contribution in [0.4, 0.5) is 10.5 Å². The summed E-state index contributed by atoms with van der Waals surface area (Å²) in [6.45, 7) is 7.06. The summed E-state index contributed by atoms with van der Waals surface area (Å²) in [6, 6.07) is 19.5. The van der Waals surface area contributed by atoms with Gasteiger partial charge in [0.2, 0.25) is 0 Å². The largest absolute Gasteiger partial charge is 0.493 e. The van der Waals surface area contributed by atoms with Crippen molar-refractivity contribution in [2.45, 2.75) is 51.9 Å². The Kier molecular flexibility index (Phi) is 9.64. The minimum absolute atomic E-state index is 0.000520. The molecule has 224 valence electrons. The Hall–Kier alpha value is -3.63. The van der Waals surface area contributed by atoms with Gasteiger partial charge in [0, 0.05) is 43.3 Å². The van der Waals surface area contributed by atoms with Crippen LogP contribution in [0.3, 0.4) is 0 Å². The third kappa shape index (κ3) is 6.71. The Morgan fingerprint density at radius 2 is 1.64 bits per heavy atom. The average Bonchev–Trinajstić information content (AvgIpc) is 3.02. The molecular weight excluding hydrogens is 534 g/mol. The fraction of sp³-hybridized carbons (Fsp3) is 0.424. The highest BCUT2D eigenvalue weighted by Gasteiger charge is 2.39. The highest BCUT2D eigenvalue weighted by molar-refractivity contribution is 5.89. The van der Waals surface area contributed by atoms with Crippen LogP contribution in [0.1, 0.15) is 54.1 Å². The highest BCUT2D eigenvalue weighted by Crippen LogP contribution is 2.42. The summed E-state index contributed by atoms with van der Waals surface area (Å²) in [5, 5.41) is 15.1. The van der Waals surface area contributed by atoms with E-state index in [-0.39, 0.29) is 30.8 Å². The molecule has 2 aliphatic rings. The predicted octanol–water partition coefficient (Wildman–Crippen LogP) is 5.19. The molecule has 0 unspecified atom stereocenters. The second-order valence-corrected chi connectivity index (χ2v) is 10.9. The van der Waals surface area contributed by atoms with Crippen LogP contribution < -0.4 is 20.1 Å². The van der Waals surface area contributed by atoms with Gasteiger partial charge in [0.15, 0.2) is 17.8 Å². The molecule has 2 heterocycles. The summed E-state index contributed by atoms with van der Waals surface area (Å²) in [5.41, 5.74) is 6.01. The van der Waals surface area contributed by atoms with E-state index >= 15 is 0 Å². The van der Waals surface area contributed by atoms with Crippen LogP contribution in [0.25, 0.3) is 0 Å². The zero-order chi connectivity index (χ0) is 29.6. The quantitative estimate of drug-likeness (QED) is 0.323. The Labute approximate surface area is 247 Å². The zero-order valence-electron chi connectivity index (χ0n) is 24.8. The average molecular weight is 576 g/mol.